The maximum atomic E-state index is 12.9. The van der Waals surface area contributed by atoms with Gasteiger partial charge in [-0.15, -0.1) is 0 Å². The van der Waals surface area contributed by atoms with Gasteiger partial charge in [0.25, 0.3) is 0 Å². The van der Waals surface area contributed by atoms with Crippen LogP contribution in [0, 0.1) is 5.92 Å². The number of anilines is 1. The zero-order chi connectivity index (χ0) is 25.1. The van der Waals surface area contributed by atoms with E-state index in [2.05, 4.69) is 26.9 Å². The molecule has 9 heteroatoms. The molecule has 2 unspecified atom stereocenters. The van der Waals surface area contributed by atoms with Crippen LogP contribution in [-0.4, -0.2) is 71.7 Å². The largest absolute Gasteiger partial charge is 0.485 e. The van der Waals surface area contributed by atoms with Crippen LogP contribution in [0.15, 0.2) is 12.1 Å². The van der Waals surface area contributed by atoms with E-state index in [-0.39, 0.29) is 23.9 Å². The van der Waals surface area contributed by atoms with E-state index in [0.29, 0.717) is 50.1 Å². The number of rotatable bonds is 9. The van der Waals surface area contributed by atoms with Gasteiger partial charge in [0.05, 0.1) is 22.7 Å². The van der Waals surface area contributed by atoms with Crippen LogP contribution in [0.3, 0.4) is 0 Å². The van der Waals surface area contributed by atoms with Crippen LogP contribution in [0.4, 0.5) is 5.69 Å². The predicted molar refractivity (Wildman–Crippen MR) is 133 cm³/mol. The van der Waals surface area contributed by atoms with E-state index in [1.165, 1.54) is 25.3 Å². The first kappa shape index (κ1) is 23.7. The fourth-order valence-corrected chi connectivity index (χ4v) is 7.61. The lowest BCUT2D eigenvalue weighted by Crippen LogP contribution is -2.78. The highest BCUT2D eigenvalue weighted by Gasteiger charge is 2.73. The van der Waals surface area contributed by atoms with Crippen molar-refractivity contribution in [2.75, 3.05) is 25.0 Å². The van der Waals surface area contributed by atoms with Crippen LogP contribution in [0.2, 0.25) is 0 Å². The first-order valence-corrected chi connectivity index (χ1v) is 13.4. The Morgan fingerprint density at radius 2 is 2.08 bits per heavy atom. The van der Waals surface area contributed by atoms with Gasteiger partial charge in [-0.05, 0) is 69.0 Å². The van der Waals surface area contributed by atoms with Crippen molar-refractivity contribution in [1.82, 2.24) is 15.5 Å². The standard InChI is InChI=1S/C27H36N4O5/c1-16(33)28-11-2-3-22(34)30-20-8-9-27(35)21-13-18-6-7-19(29-15-32)24-23(18)26(27,25(20)36-24)10-12-31(21)14-17-4-5-17/h6-7,15,17,20-21,25,35H,2-5,8-14H2,1H3,(H,28,33)(H,29,32)(H,30,34)/t20?,21-,25?,26+,27-/m1/s1. The van der Waals surface area contributed by atoms with Crippen molar-refractivity contribution >= 4 is 23.9 Å². The molecular weight excluding hydrogens is 460 g/mol. The number of carbonyl (C=O) groups excluding carboxylic acids is 3. The smallest absolute Gasteiger partial charge is 0.220 e. The Balaban J connectivity index is 1.32. The van der Waals surface area contributed by atoms with Crippen LogP contribution in [0.1, 0.15) is 63.0 Å². The van der Waals surface area contributed by atoms with Gasteiger partial charge >= 0.3 is 0 Å². The Labute approximate surface area is 211 Å². The average molecular weight is 497 g/mol. The molecule has 2 heterocycles. The molecule has 5 aliphatic rings. The number of hydrogen-bond donors (Lipinski definition) is 4. The van der Waals surface area contributed by atoms with Gasteiger partial charge in [-0.1, -0.05) is 6.07 Å². The van der Waals surface area contributed by atoms with Crippen molar-refractivity contribution in [3.63, 3.8) is 0 Å². The number of ether oxygens (including phenoxy) is 1. The van der Waals surface area contributed by atoms with E-state index in [4.69, 9.17) is 4.74 Å². The zero-order valence-electron chi connectivity index (χ0n) is 20.8. The topological polar surface area (TPSA) is 120 Å². The van der Waals surface area contributed by atoms with Crippen molar-refractivity contribution in [2.45, 2.75) is 87.5 Å². The molecular formula is C27H36N4O5. The first-order valence-electron chi connectivity index (χ1n) is 13.4. The van der Waals surface area contributed by atoms with Crippen LogP contribution in [0.5, 0.6) is 5.75 Å². The minimum Gasteiger partial charge on any atom is -0.485 e. The van der Waals surface area contributed by atoms with Crippen molar-refractivity contribution in [3.8, 4) is 5.75 Å². The number of likely N-dealkylation sites (tertiary alicyclic amines) is 1. The van der Waals surface area contributed by atoms with E-state index in [1.54, 1.807) is 0 Å². The molecule has 2 aliphatic heterocycles. The van der Waals surface area contributed by atoms with Crippen molar-refractivity contribution in [1.29, 1.82) is 0 Å². The molecule has 0 radical (unpaired) electrons. The minimum absolute atomic E-state index is 0.0237. The highest BCUT2D eigenvalue weighted by molar-refractivity contribution is 5.80. The Hall–Kier alpha value is -2.65. The van der Waals surface area contributed by atoms with Gasteiger partial charge in [0.1, 0.15) is 11.9 Å². The van der Waals surface area contributed by atoms with Crippen LogP contribution < -0.4 is 20.7 Å². The molecule has 1 spiro atoms. The number of hydrogen-bond acceptors (Lipinski definition) is 6. The van der Waals surface area contributed by atoms with E-state index in [0.717, 1.165) is 37.4 Å². The highest BCUT2D eigenvalue weighted by atomic mass is 16.5. The van der Waals surface area contributed by atoms with Gasteiger partial charge in [0.15, 0.2) is 0 Å². The third-order valence-corrected chi connectivity index (χ3v) is 9.30. The summed E-state index contributed by atoms with van der Waals surface area (Å²) in [6.45, 7) is 3.86. The molecule has 1 aromatic rings. The zero-order valence-corrected chi connectivity index (χ0v) is 20.8. The molecule has 2 bridgehead atoms. The van der Waals surface area contributed by atoms with Gasteiger partial charge in [-0.25, -0.2) is 0 Å². The second-order valence-electron chi connectivity index (χ2n) is 11.4. The van der Waals surface area contributed by atoms with E-state index < -0.39 is 17.1 Å². The van der Waals surface area contributed by atoms with Gasteiger partial charge in [-0.3, -0.25) is 19.3 Å². The molecule has 3 aliphatic carbocycles. The molecule has 194 valence electrons. The highest BCUT2D eigenvalue weighted by Crippen LogP contribution is 2.65. The number of aliphatic hydroxyl groups is 1. The summed E-state index contributed by atoms with van der Waals surface area (Å²) >= 11 is 0. The van der Waals surface area contributed by atoms with Gasteiger partial charge in [0, 0.05) is 38.0 Å². The Morgan fingerprint density at radius 1 is 1.25 bits per heavy atom. The summed E-state index contributed by atoms with van der Waals surface area (Å²) in [5.74, 6) is 1.22. The monoisotopic (exact) mass is 496 g/mol. The SMILES string of the molecule is CC(=O)NCCCC(=O)NC1CC[C@@]2(O)[C@H]3Cc4ccc(NC=O)c5c4[C@@]2(CCN3CC2CC2)C1O5. The molecule has 0 aromatic heterocycles. The summed E-state index contributed by atoms with van der Waals surface area (Å²) in [5.41, 5.74) is 1.27. The summed E-state index contributed by atoms with van der Waals surface area (Å²) < 4.78 is 6.66. The molecule has 3 amide bonds. The third-order valence-electron chi connectivity index (χ3n) is 9.30. The first-order chi connectivity index (χ1) is 17.4. The summed E-state index contributed by atoms with van der Waals surface area (Å²) in [6, 6.07) is 3.76. The fourth-order valence-electron chi connectivity index (χ4n) is 7.61. The number of benzene rings is 1. The number of carbonyl (C=O) groups is 3. The average Bonchev–Trinajstić information content (AvgIpc) is 3.58. The molecule has 5 atom stereocenters. The minimum atomic E-state index is -0.949. The number of nitrogens with zero attached hydrogens (tertiary/aromatic N) is 1. The van der Waals surface area contributed by atoms with Gasteiger partial charge in [-0.2, -0.15) is 0 Å². The number of nitrogens with one attached hydrogen (secondary N) is 3. The predicted octanol–water partition coefficient (Wildman–Crippen LogP) is 1.22. The molecule has 4 N–H and O–H groups in total. The summed E-state index contributed by atoms with van der Waals surface area (Å²) in [6.07, 6.45) is 6.45. The maximum absolute atomic E-state index is 12.9. The second kappa shape index (κ2) is 8.73. The number of amides is 3. The van der Waals surface area contributed by atoms with E-state index in [1.807, 2.05) is 6.07 Å². The molecule has 2 saturated carbocycles. The van der Waals surface area contributed by atoms with Crippen molar-refractivity contribution in [2.24, 2.45) is 5.92 Å². The summed E-state index contributed by atoms with van der Waals surface area (Å²) in [5, 5.41) is 21.3. The molecule has 36 heavy (non-hydrogen) atoms. The maximum Gasteiger partial charge on any atom is 0.220 e. The van der Waals surface area contributed by atoms with E-state index in [9.17, 15) is 19.5 Å². The molecule has 1 aromatic carbocycles. The van der Waals surface area contributed by atoms with Crippen molar-refractivity contribution < 1.29 is 24.2 Å². The lowest BCUT2D eigenvalue weighted by atomic mass is 9.48. The Kier molecular flexibility index (Phi) is 5.75. The third kappa shape index (κ3) is 3.54. The normalized spacial score (nSPS) is 33.8. The van der Waals surface area contributed by atoms with Crippen LogP contribution in [0.25, 0.3) is 0 Å². The van der Waals surface area contributed by atoms with Crippen LogP contribution >= 0.6 is 0 Å². The number of piperidine rings is 1. The lowest BCUT2D eigenvalue weighted by Gasteiger charge is -2.64. The van der Waals surface area contributed by atoms with E-state index >= 15 is 0 Å². The summed E-state index contributed by atoms with van der Waals surface area (Å²) in [7, 11) is 0. The van der Waals surface area contributed by atoms with Crippen molar-refractivity contribution in [3.05, 3.63) is 23.3 Å². The Bertz CT molecular complexity index is 1090. The lowest BCUT2D eigenvalue weighted by molar-refractivity contribution is -0.192. The Morgan fingerprint density at radius 3 is 2.83 bits per heavy atom. The quantitative estimate of drug-likeness (QED) is 0.302. The molecule has 9 nitrogen and oxygen atoms in total. The molecule has 1 saturated heterocycles. The summed E-state index contributed by atoms with van der Waals surface area (Å²) in [4.78, 5) is 37.8. The van der Waals surface area contributed by atoms with Gasteiger partial charge in [0.2, 0.25) is 18.2 Å². The molecule has 3 fully saturated rings. The molecule has 6 rings (SSSR count). The van der Waals surface area contributed by atoms with Crippen LogP contribution in [-0.2, 0) is 26.2 Å². The fraction of sp³-hybridized carbons (Fsp3) is 0.667. The second-order valence-corrected chi connectivity index (χ2v) is 11.4. The van der Waals surface area contributed by atoms with Gasteiger partial charge < -0.3 is 25.8 Å².